The van der Waals surface area contributed by atoms with Crippen LogP contribution in [0.2, 0.25) is 0 Å². The quantitative estimate of drug-likeness (QED) is 0.738. The molecular formula is C14H16Br2N2OS. The molecule has 1 aromatic heterocycles. The SMILES string of the molecule is CCNCc1cc(Br)c(OCc2nc(C)cs2)c(Br)c1. The zero-order valence-corrected chi connectivity index (χ0v) is 15.4. The number of aromatic nitrogens is 1. The first-order valence-corrected chi connectivity index (χ1v) is 8.79. The molecule has 6 heteroatoms. The van der Waals surface area contributed by atoms with Crippen molar-refractivity contribution in [3.63, 3.8) is 0 Å². The summed E-state index contributed by atoms with van der Waals surface area (Å²) < 4.78 is 7.76. The molecule has 20 heavy (non-hydrogen) atoms. The van der Waals surface area contributed by atoms with E-state index >= 15 is 0 Å². The lowest BCUT2D eigenvalue weighted by molar-refractivity contribution is 0.301. The molecule has 1 heterocycles. The van der Waals surface area contributed by atoms with Gasteiger partial charge in [-0.1, -0.05) is 6.92 Å². The van der Waals surface area contributed by atoms with Gasteiger partial charge in [0.25, 0.3) is 0 Å². The molecular weight excluding hydrogens is 404 g/mol. The minimum Gasteiger partial charge on any atom is -0.484 e. The summed E-state index contributed by atoms with van der Waals surface area (Å²) in [6.45, 7) is 6.37. The van der Waals surface area contributed by atoms with Gasteiger partial charge in [-0.2, -0.15) is 0 Å². The summed E-state index contributed by atoms with van der Waals surface area (Å²) in [7, 11) is 0. The van der Waals surface area contributed by atoms with Crippen molar-refractivity contribution < 1.29 is 4.74 Å². The summed E-state index contributed by atoms with van der Waals surface area (Å²) in [6, 6.07) is 4.16. The number of hydrogen-bond acceptors (Lipinski definition) is 4. The predicted molar refractivity (Wildman–Crippen MR) is 90.4 cm³/mol. The molecule has 0 bridgehead atoms. The van der Waals surface area contributed by atoms with Crippen LogP contribution in [0.25, 0.3) is 0 Å². The van der Waals surface area contributed by atoms with Crippen LogP contribution in [0, 0.1) is 6.92 Å². The summed E-state index contributed by atoms with van der Waals surface area (Å²) >= 11 is 8.76. The van der Waals surface area contributed by atoms with Crippen LogP contribution in [-0.2, 0) is 13.2 Å². The van der Waals surface area contributed by atoms with E-state index in [1.165, 1.54) is 5.56 Å². The van der Waals surface area contributed by atoms with E-state index < -0.39 is 0 Å². The Morgan fingerprint density at radius 2 is 2.00 bits per heavy atom. The van der Waals surface area contributed by atoms with Crippen molar-refractivity contribution in [2.24, 2.45) is 0 Å². The Bertz CT molecular complexity index is 563. The second-order valence-corrected chi connectivity index (χ2v) is 6.99. The summed E-state index contributed by atoms with van der Waals surface area (Å²) in [6.07, 6.45) is 0. The first kappa shape index (κ1) is 15.9. The van der Waals surface area contributed by atoms with E-state index in [4.69, 9.17) is 4.74 Å². The second-order valence-electron chi connectivity index (χ2n) is 4.34. The Morgan fingerprint density at radius 1 is 1.30 bits per heavy atom. The smallest absolute Gasteiger partial charge is 0.148 e. The van der Waals surface area contributed by atoms with Gasteiger partial charge in [-0.05, 0) is 63.0 Å². The Kier molecular flexibility index (Phi) is 6.01. The number of aryl methyl sites for hydroxylation is 1. The average molecular weight is 420 g/mol. The molecule has 0 atom stereocenters. The van der Waals surface area contributed by atoms with Crippen molar-refractivity contribution in [3.8, 4) is 5.75 Å². The number of hydrogen-bond donors (Lipinski definition) is 1. The third kappa shape index (κ3) is 4.28. The number of nitrogens with one attached hydrogen (secondary N) is 1. The van der Waals surface area contributed by atoms with Gasteiger partial charge < -0.3 is 10.1 Å². The third-order valence-corrected chi connectivity index (χ3v) is 4.76. The second kappa shape index (κ2) is 7.54. The lowest BCUT2D eigenvalue weighted by Crippen LogP contribution is -2.11. The molecule has 0 radical (unpaired) electrons. The van der Waals surface area contributed by atoms with Gasteiger partial charge in [0, 0.05) is 17.6 Å². The number of rotatable bonds is 6. The molecule has 1 N–H and O–H groups in total. The number of thiazole rings is 1. The fourth-order valence-electron chi connectivity index (χ4n) is 1.72. The van der Waals surface area contributed by atoms with Gasteiger partial charge in [0.1, 0.15) is 17.4 Å². The van der Waals surface area contributed by atoms with Crippen LogP contribution >= 0.6 is 43.2 Å². The first-order valence-electron chi connectivity index (χ1n) is 6.32. The van der Waals surface area contributed by atoms with E-state index in [0.717, 1.165) is 38.5 Å². The molecule has 0 spiro atoms. The molecule has 3 nitrogen and oxygen atoms in total. The average Bonchev–Trinajstić information content (AvgIpc) is 2.81. The summed E-state index contributed by atoms with van der Waals surface area (Å²) in [4.78, 5) is 4.40. The fraction of sp³-hybridized carbons (Fsp3) is 0.357. The van der Waals surface area contributed by atoms with Crippen molar-refractivity contribution in [2.45, 2.75) is 27.0 Å². The Hall–Kier alpha value is -0.430. The standard InChI is InChI=1S/C14H16Br2N2OS/c1-3-17-6-10-4-11(15)14(12(16)5-10)19-7-13-18-9(2)8-20-13/h4-5,8,17H,3,6-7H2,1-2H3. The topological polar surface area (TPSA) is 34.1 Å². The van der Waals surface area contributed by atoms with Gasteiger partial charge in [0.15, 0.2) is 0 Å². The number of benzene rings is 1. The minimum absolute atomic E-state index is 0.488. The Balaban J connectivity index is 2.07. The maximum atomic E-state index is 5.86. The lowest BCUT2D eigenvalue weighted by atomic mass is 10.2. The highest BCUT2D eigenvalue weighted by Crippen LogP contribution is 2.35. The van der Waals surface area contributed by atoms with Gasteiger partial charge in [-0.25, -0.2) is 4.98 Å². The van der Waals surface area contributed by atoms with E-state index in [1.807, 2.05) is 12.3 Å². The number of halogens is 2. The molecule has 0 fully saturated rings. The maximum Gasteiger partial charge on any atom is 0.148 e. The molecule has 108 valence electrons. The zero-order chi connectivity index (χ0) is 14.5. The monoisotopic (exact) mass is 418 g/mol. The molecule has 2 aromatic rings. The van der Waals surface area contributed by atoms with E-state index in [0.29, 0.717) is 6.61 Å². The Morgan fingerprint density at radius 3 is 2.55 bits per heavy atom. The highest BCUT2D eigenvalue weighted by molar-refractivity contribution is 9.11. The summed E-state index contributed by atoms with van der Waals surface area (Å²) in [5.41, 5.74) is 2.25. The Labute approximate surface area is 140 Å². The molecule has 0 amide bonds. The third-order valence-electron chi connectivity index (χ3n) is 2.64. The van der Waals surface area contributed by atoms with Crippen molar-refractivity contribution in [1.29, 1.82) is 0 Å². The molecule has 0 saturated heterocycles. The van der Waals surface area contributed by atoms with E-state index in [2.05, 4.69) is 61.2 Å². The van der Waals surface area contributed by atoms with E-state index in [9.17, 15) is 0 Å². The van der Waals surface area contributed by atoms with Gasteiger partial charge in [0.05, 0.1) is 8.95 Å². The van der Waals surface area contributed by atoms with Crippen LogP contribution in [0.1, 0.15) is 23.2 Å². The predicted octanol–water partition coefficient (Wildman–Crippen LogP) is 4.67. The van der Waals surface area contributed by atoms with Crippen molar-refractivity contribution >= 4 is 43.2 Å². The normalized spacial score (nSPS) is 10.8. The summed E-state index contributed by atoms with van der Waals surface area (Å²) in [5.74, 6) is 0.818. The van der Waals surface area contributed by atoms with Crippen LogP contribution in [0.4, 0.5) is 0 Å². The number of ether oxygens (including phenoxy) is 1. The number of nitrogens with zero attached hydrogens (tertiary/aromatic N) is 1. The van der Waals surface area contributed by atoms with Crippen LogP contribution < -0.4 is 10.1 Å². The highest BCUT2D eigenvalue weighted by Gasteiger charge is 2.10. The highest BCUT2D eigenvalue weighted by atomic mass is 79.9. The van der Waals surface area contributed by atoms with E-state index in [1.54, 1.807) is 11.3 Å². The van der Waals surface area contributed by atoms with Crippen molar-refractivity contribution in [2.75, 3.05) is 6.54 Å². The van der Waals surface area contributed by atoms with Gasteiger partial charge >= 0.3 is 0 Å². The molecule has 2 rings (SSSR count). The molecule has 0 unspecified atom stereocenters. The van der Waals surface area contributed by atoms with Gasteiger partial charge in [-0.15, -0.1) is 11.3 Å². The maximum absolute atomic E-state index is 5.86. The zero-order valence-electron chi connectivity index (χ0n) is 11.4. The molecule has 0 aliphatic carbocycles. The van der Waals surface area contributed by atoms with Crippen LogP contribution in [0.5, 0.6) is 5.75 Å². The largest absolute Gasteiger partial charge is 0.484 e. The minimum atomic E-state index is 0.488. The first-order chi connectivity index (χ1) is 9.60. The van der Waals surface area contributed by atoms with Gasteiger partial charge in [-0.3, -0.25) is 0 Å². The molecule has 0 aliphatic heterocycles. The molecule has 0 aliphatic rings. The van der Waals surface area contributed by atoms with E-state index in [-0.39, 0.29) is 0 Å². The van der Waals surface area contributed by atoms with Gasteiger partial charge in [0.2, 0.25) is 0 Å². The van der Waals surface area contributed by atoms with Crippen LogP contribution in [0.15, 0.2) is 26.5 Å². The molecule has 0 saturated carbocycles. The summed E-state index contributed by atoms with van der Waals surface area (Å²) in [5, 5.41) is 6.32. The fourth-order valence-corrected chi connectivity index (χ4v) is 3.92. The van der Waals surface area contributed by atoms with Crippen LogP contribution in [-0.4, -0.2) is 11.5 Å². The van der Waals surface area contributed by atoms with Crippen molar-refractivity contribution in [1.82, 2.24) is 10.3 Å². The molecule has 1 aromatic carbocycles. The van der Waals surface area contributed by atoms with Crippen molar-refractivity contribution in [3.05, 3.63) is 42.7 Å². The lowest BCUT2D eigenvalue weighted by Gasteiger charge is -2.11. The van der Waals surface area contributed by atoms with Crippen LogP contribution in [0.3, 0.4) is 0 Å².